The Bertz CT molecular complexity index is 339. The summed E-state index contributed by atoms with van der Waals surface area (Å²) in [7, 11) is 4.03. The van der Waals surface area contributed by atoms with Gasteiger partial charge in [0.05, 0.1) is 18.1 Å². The Morgan fingerprint density at radius 2 is 2.31 bits per heavy atom. The predicted molar refractivity (Wildman–Crippen MR) is 64.9 cm³/mol. The van der Waals surface area contributed by atoms with Crippen LogP contribution in [-0.2, 0) is 0 Å². The minimum atomic E-state index is 0.724. The van der Waals surface area contributed by atoms with Gasteiger partial charge in [0.15, 0.2) is 0 Å². The van der Waals surface area contributed by atoms with E-state index in [0.717, 1.165) is 30.6 Å². The smallest absolute Gasteiger partial charge is 0.139 e. The monoisotopic (exact) mass is 221 g/mol. The lowest BCUT2D eigenvalue weighted by atomic mass is 10.4. The second-order valence-electron chi connectivity index (χ2n) is 4.22. The van der Waals surface area contributed by atoms with Crippen molar-refractivity contribution >= 4 is 5.69 Å². The Balaban J connectivity index is 1.75. The zero-order valence-corrected chi connectivity index (χ0v) is 9.94. The van der Waals surface area contributed by atoms with Gasteiger partial charge >= 0.3 is 0 Å². The number of hydrogen-bond acceptors (Lipinski definition) is 4. The fourth-order valence-corrected chi connectivity index (χ4v) is 1.64. The quantitative estimate of drug-likeness (QED) is 0.791. The second-order valence-corrected chi connectivity index (χ2v) is 4.22. The molecule has 0 bridgehead atoms. The summed E-state index contributed by atoms with van der Waals surface area (Å²) in [5, 5.41) is 3.04. The average molecular weight is 221 g/mol. The summed E-state index contributed by atoms with van der Waals surface area (Å²) in [5.41, 5.74) is 0.980. The molecule has 88 valence electrons. The fraction of sp³-hybridized carbons (Fsp3) is 0.583. The van der Waals surface area contributed by atoms with Crippen molar-refractivity contribution in [3.8, 4) is 5.75 Å². The largest absolute Gasteiger partial charge is 0.491 e. The number of pyridine rings is 1. The molecule has 1 aromatic rings. The first-order valence-corrected chi connectivity index (χ1v) is 5.75. The molecule has 2 rings (SSSR count). The first-order chi connectivity index (χ1) is 7.79. The van der Waals surface area contributed by atoms with Gasteiger partial charge in [0.1, 0.15) is 12.4 Å². The van der Waals surface area contributed by atoms with Crippen molar-refractivity contribution in [1.29, 1.82) is 0 Å². The van der Waals surface area contributed by atoms with Crippen molar-refractivity contribution in [2.24, 2.45) is 0 Å². The number of aromatic nitrogens is 1. The summed E-state index contributed by atoms with van der Waals surface area (Å²) < 4.78 is 5.65. The highest BCUT2D eigenvalue weighted by Crippen LogP contribution is 2.24. The van der Waals surface area contributed by atoms with Gasteiger partial charge in [0.25, 0.3) is 0 Å². The first kappa shape index (κ1) is 11.2. The van der Waals surface area contributed by atoms with Crippen molar-refractivity contribution < 1.29 is 4.74 Å². The maximum absolute atomic E-state index is 5.65. The van der Waals surface area contributed by atoms with E-state index in [4.69, 9.17) is 4.74 Å². The Morgan fingerprint density at radius 1 is 1.50 bits per heavy atom. The van der Waals surface area contributed by atoms with Crippen LogP contribution in [0.4, 0.5) is 5.69 Å². The van der Waals surface area contributed by atoms with Crippen molar-refractivity contribution in [2.75, 3.05) is 32.6 Å². The molecular formula is C12H19N3O. The van der Waals surface area contributed by atoms with Crippen LogP contribution < -0.4 is 10.1 Å². The van der Waals surface area contributed by atoms with Gasteiger partial charge in [0, 0.05) is 25.7 Å². The lowest BCUT2D eigenvalue weighted by Crippen LogP contribution is -2.26. The van der Waals surface area contributed by atoms with Gasteiger partial charge in [-0.05, 0) is 19.9 Å². The van der Waals surface area contributed by atoms with Gasteiger partial charge in [-0.3, -0.25) is 4.98 Å². The van der Waals surface area contributed by atoms with Crippen molar-refractivity contribution in [3.05, 3.63) is 18.5 Å². The number of hydrogen-bond donors (Lipinski definition) is 1. The molecule has 1 saturated carbocycles. The molecule has 0 amide bonds. The summed E-state index contributed by atoms with van der Waals surface area (Å²) in [6, 6.07) is 2.76. The molecule has 1 aliphatic rings. The molecule has 0 aromatic carbocycles. The summed E-state index contributed by atoms with van der Waals surface area (Å²) in [5.74, 6) is 0.830. The molecule has 0 saturated heterocycles. The van der Waals surface area contributed by atoms with E-state index in [-0.39, 0.29) is 0 Å². The van der Waals surface area contributed by atoms with Gasteiger partial charge in [-0.15, -0.1) is 0 Å². The van der Waals surface area contributed by atoms with Gasteiger partial charge in [-0.25, -0.2) is 0 Å². The number of rotatable bonds is 6. The number of nitrogens with zero attached hydrogens (tertiary/aromatic N) is 2. The molecule has 1 fully saturated rings. The zero-order valence-electron chi connectivity index (χ0n) is 9.94. The van der Waals surface area contributed by atoms with E-state index in [1.54, 1.807) is 12.4 Å². The number of likely N-dealkylation sites (N-methyl/N-ethyl adjacent to an activating group) is 1. The zero-order chi connectivity index (χ0) is 11.4. The van der Waals surface area contributed by atoms with Crippen molar-refractivity contribution in [3.63, 3.8) is 0 Å². The van der Waals surface area contributed by atoms with Gasteiger partial charge < -0.3 is 15.0 Å². The third-order valence-electron chi connectivity index (χ3n) is 2.88. The van der Waals surface area contributed by atoms with Gasteiger partial charge in [0.2, 0.25) is 0 Å². The van der Waals surface area contributed by atoms with Gasteiger partial charge in [-0.2, -0.15) is 0 Å². The minimum absolute atomic E-state index is 0.724. The van der Waals surface area contributed by atoms with E-state index in [1.807, 2.05) is 13.1 Å². The molecule has 0 unspecified atom stereocenters. The van der Waals surface area contributed by atoms with Crippen LogP contribution in [0, 0.1) is 0 Å². The molecule has 0 aliphatic heterocycles. The molecule has 1 aliphatic carbocycles. The maximum atomic E-state index is 5.65. The highest BCUT2D eigenvalue weighted by Gasteiger charge is 2.25. The molecule has 4 heteroatoms. The molecule has 0 spiro atoms. The summed E-state index contributed by atoms with van der Waals surface area (Å²) in [6.45, 7) is 1.70. The van der Waals surface area contributed by atoms with E-state index >= 15 is 0 Å². The minimum Gasteiger partial charge on any atom is -0.491 e. The number of nitrogens with one attached hydrogen (secondary N) is 1. The Kier molecular flexibility index (Phi) is 3.62. The highest BCUT2D eigenvalue weighted by molar-refractivity contribution is 5.44. The van der Waals surface area contributed by atoms with E-state index in [9.17, 15) is 0 Å². The van der Waals surface area contributed by atoms with Crippen LogP contribution in [0.15, 0.2) is 18.5 Å². The third-order valence-corrected chi connectivity index (χ3v) is 2.88. The summed E-state index contributed by atoms with van der Waals surface area (Å²) in [4.78, 5) is 6.46. The Hall–Kier alpha value is -1.29. The predicted octanol–water partition coefficient (Wildman–Crippen LogP) is 1.60. The average Bonchev–Trinajstić information content (AvgIpc) is 3.13. The molecule has 16 heavy (non-hydrogen) atoms. The van der Waals surface area contributed by atoms with Gasteiger partial charge in [-0.1, -0.05) is 0 Å². The van der Waals surface area contributed by atoms with E-state index in [0.29, 0.717) is 0 Å². The molecule has 0 atom stereocenters. The highest BCUT2D eigenvalue weighted by atomic mass is 16.5. The van der Waals surface area contributed by atoms with Crippen LogP contribution in [0.3, 0.4) is 0 Å². The third kappa shape index (κ3) is 3.10. The molecule has 1 N–H and O–H groups in total. The maximum Gasteiger partial charge on any atom is 0.139 e. The second kappa shape index (κ2) is 5.16. The lowest BCUT2D eigenvalue weighted by molar-refractivity contribution is 0.231. The topological polar surface area (TPSA) is 37.4 Å². The fourth-order valence-electron chi connectivity index (χ4n) is 1.64. The van der Waals surface area contributed by atoms with Crippen LogP contribution >= 0.6 is 0 Å². The van der Waals surface area contributed by atoms with Crippen LogP contribution in [-0.4, -0.2) is 43.2 Å². The molecule has 4 nitrogen and oxygen atoms in total. The van der Waals surface area contributed by atoms with E-state index in [2.05, 4.69) is 22.2 Å². The van der Waals surface area contributed by atoms with Crippen molar-refractivity contribution in [2.45, 2.75) is 18.9 Å². The summed E-state index contributed by atoms with van der Waals surface area (Å²) >= 11 is 0. The number of anilines is 1. The first-order valence-electron chi connectivity index (χ1n) is 5.75. The van der Waals surface area contributed by atoms with Crippen LogP contribution in [0.25, 0.3) is 0 Å². The number of ether oxygens (including phenoxy) is 1. The van der Waals surface area contributed by atoms with Crippen molar-refractivity contribution in [1.82, 2.24) is 9.88 Å². The Labute approximate surface area is 96.6 Å². The van der Waals surface area contributed by atoms with Crippen LogP contribution in [0.2, 0.25) is 0 Å². The van der Waals surface area contributed by atoms with Crippen LogP contribution in [0.5, 0.6) is 5.75 Å². The SMILES string of the molecule is CNc1cncc(OCCN(C)C2CC2)c1. The molecular weight excluding hydrogens is 202 g/mol. The lowest BCUT2D eigenvalue weighted by Gasteiger charge is -2.15. The van der Waals surface area contributed by atoms with E-state index < -0.39 is 0 Å². The molecule has 0 radical (unpaired) electrons. The summed E-state index contributed by atoms with van der Waals surface area (Å²) in [6.07, 6.45) is 6.21. The standard InChI is InChI=1S/C12H19N3O/c1-13-10-7-12(9-14-8-10)16-6-5-15(2)11-3-4-11/h7-9,11,13H,3-6H2,1-2H3. The molecule has 1 aromatic heterocycles. The molecule has 1 heterocycles. The van der Waals surface area contributed by atoms with Crippen LogP contribution in [0.1, 0.15) is 12.8 Å². The normalized spacial score (nSPS) is 15.2. The van der Waals surface area contributed by atoms with E-state index in [1.165, 1.54) is 12.8 Å². The Morgan fingerprint density at radius 3 is 3.00 bits per heavy atom.